The van der Waals surface area contributed by atoms with E-state index in [4.69, 9.17) is 4.42 Å². The van der Waals surface area contributed by atoms with Crippen LogP contribution >= 0.6 is 0 Å². The molecule has 0 unspecified atom stereocenters. The van der Waals surface area contributed by atoms with Gasteiger partial charge in [-0.05, 0) is 86.9 Å². The Hall–Kier alpha value is -5.08. The number of nitrogens with zero attached hydrogens (tertiary/aromatic N) is 1. The van der Waals surface area contributed by atoms with Crippen LogP contribution in [-0.2, 0) is 0 Å². The monoisotopic (exact) mass is 485 g/mol. The molecule has 2 heteroatoms. The van der Waals surface area contributed by atoms with Crippen LogP contribution in [0.2, 0.25) is 0 Å². The molecule has 1 heterocycles. The highest BCUT2D eigenvalue weighted by Crippen LogP contribution is 2.40. The van der Waals surface area contributed by atoms with E-state index in [1.54, 1.807) is 0 Å². The highest BCUT2D eigenvalue weighted by atomic mass is 16.3. The fourth-order valence-corrected chi connectivity index (χ4v) is 5.74. The third-order valence-electron chi connectivity index (χ3n) is 7.58. The summed E-state index contributed by atoms with van der Waals surface area (Å²) in [7, 11) is 0. The van der Waals surface area contributed by atoms with Crippen LogP contribution in [0.25, 0.3) is 54.3 Å². The Bertz CT molecular complexity index is 2140. The summed E-state index contributed by atoms with van der Waals surface area (Å²) in [6.07, 6.45) is 0. The zero-order valence-corrected chi connectivity index (χ0v) is 20.6. The minimum absolute atomic E-state index is 0.925. The van der Waals surface area contributed by atoms with Crippen molar-refractivity contribution in [1.29, 1.82) is 0 Å². The topological polar surface area (TPSA) is 16.4 Å². The molecule has 1 aromatic heterocycles. The van der Waals surface area contributed by atoms with E-state index in [0.717, 1.165) is 39.0 Å². The molecular weight excluding hydrogens is 462 g/mol. The molecule has 0 saturated heterocycles. The number of para-hydroxylation sites is 2. The van der Waals surface area contributed by atoms with Gasteiger partial charge in [-0.2, -0.15) is 0 Å². The molecule has 0 spiro atoms. The highest BCUT2D eigenvalue weighted by molar-refractivity contribution is 6.17. The van der Waals surface area contributed by atoms with Crippen molar-refractivity contribution < 1.29 is 4.42 Å². The van der Waals surface area contributed by atoms with Gasteiger partial charge in [-0.3, -0.25) is 0 Å². The first-order chi connectivity index (χ1) is 18.8. The molecule has 8 rings (SSSR count). The number of rotatable bonds is 3. The van der Waals surface area contributed by atoms with E-state index in [-0.39, 0.29) is 0 Å². The number of furan rings is 1. The molecular formula is C36H23NO. The number of hydrogen-bond donors (Lipinski definition) is 0. The Kier molecular flexibility index (Phi) is 4.55. The zero-order valence-electron chi connectivity index (χ0n) is 20.6. The van der Waals surface area contributed by atoms with Crippen molar-refractivity contribution >= 4 is 71.3 Å². The molecule has 0 radical (unpaired) electrons. The third-order valence-corrected chi connectivity index (χ3v) is 7.58. The molecule has 0 saturated carbocycles. The average Bonchev–Trinajstić information content (AvgIpc) is 3.34. The molecule has 0 bridgehead atoms. The fourth-order valence-electron chi connectivity index (χ4n) is 5.74. The standard InChI is InChI=1S/C36H23NO/c1-2-10-28(11-3-1)37(29-18-16-24-8-4-5-9-26(24)20-29)30-19-17-25-14-15-27-21-36-34(23-33(27)32(25)22-30)31-12-6-7-13-35(31)38-36/h1-23H. The van der Waals surface area contributed by atoms with Gasteiger partial charge in [0.15, 0.2) is 0 Å². The Morgan fingerprint density at radius 2 is 1.00 bits per heavy atom. The molecule has 0 N–H and O–H groups in total. The highest BCUT2D eigenvalue weighted by Gasteiger charge is 2.15. The Balaban J connectivity index is 1.39. The summed E-state index contributed by atoms with van der Waals surface area (Å²) in [6, 6.07) is 49.8. The molecule has 0 aliphatic heterocycles. The van der Waals surface area contributed by atoms with Gasteiger partial charge < -0.3 is 9.32 Å². The van der Waals surface area contributed by atoms with Crippen LogP contribution in [0.3, 0.4) is 0 Å². The molecule has 0 amide bonds. The minimum atomic E-state index is 0.925. The summed E-state index contributed by atoms with van der Waals surface area (Å²) < 4.78 is 6.18. The normalized spacial score (nSPS) is 11.7. The molecule has 8 aromatic rings. The van der Waals surface area contributed by atoms with Gasteiger partial charge in [0, 0.05) is 27.8 Å². The first-order valence-electron chi connectivity index (χ1n) is 12.9. The van der Waals surface area contributed by atoms with Crippen LogP contribution in [0.5, 0.6) is 0 Å². The minimum Gasteiger partial charge on any atom is -0.456 e. The van der Waals surface area contributed by atoms with Crippen molar-refractivity contribution in [2.24, 2.45) is 0 Å². The lowest BCUT2D eigenvalue weighted by atomic mass is 9.99. The molecule has 2 nitrogen and oxygen atoms in total. The van der Waals surface area contributed by atoms with Crippen LogP contribution in [0, 0.1) is 0 Å². The van der Waals surface area contributed by atoms with Crippen molar-refractivity contribution in [1.82, 2.24) is 0 Å². The van der Waals surface area contributed by atoms with Crippen LogP contribution in [0.15, 0.2) is 144 Å². The van der Waals surface area contributed by atoms with Crippen molar-refractivity contribution in [2.45, 2.75) is 0 Å². The van der Waals surface area contributed by atoms with Crippen LogP contribution < -0.4 is 4.90 Å². The predicted octanol–water partition coefficient (Wildman–Crippen LogP) is 10.5. The maximum absolute atomic E-state index is 6.18. The molecule has 178 valence electrons. The van der Waals surface area contributed by atoms with Gasteiger partial charge >= 0.3 is 0 Å². The molecule has 38 heavy (non-hydrogen) atoms. The Labute approximate surface area is 220 Å². The largest absolute Gasteiger partial charge is 0.456 e. The molecule has 7 aromatic carbocycles. The van der Waals surface area contributed by atoms with E-state index < -0.39 is 0 Å². The number of fused-ring (bicyclic) bond motifs is 7. The Morgan fingerprint density at radius 3 is 1.89 bits per heavy atom. The molecule has 0 aliphatic carbocycles. The second kappa shape index (κ2) is 8.22. The van der Waals surface area contributed by atoms with Gasteiger partial charge in [0.05, 0.1) is 0 Å². The van der Waals surface area contributed by atoms with E-state index in [2.05, 4.69) is 132 Å². The smallest absolute Gasteiger partial charge is 0.136 e. The van der Waals surface area contributed by atoms with Gasteiger partial charge in [0.25, 0.3) is 0 Å². The van der Waals surface area contributed by atoms with E-state index in [1.807, 2.05) is 12.1 Å². The molecule has 0 atom stereocenters. The maximum Gasteiger partial charge on any atom is 0.136 e. The van der Waals surface area contributed by atoms with Gasteiger partial charge in [-0.25, -0.2) is 0 Å². The summed E-state index contributed by atoms with van der Waals surface area (Å²) in [4.78, 5) is 2.34. The predicted molar refractivity (Wildman–Crippen MR) is 161 cm³/mol. The maximum atomic E-state index is 6.18. The second-order valence-electron chi connectivity index (χ2n) is 9.84. The number of anilines is 3. The fraction of sp³-hybridized carbons (Fsp3) is 0. The van der Waals surface area contributed by atoms with E-state index in [0.29, 0.717) is 0 Å². The Morgan fingerprint density at radius 1 is 0.342 bits per heavy atom. The lowest BCUT2D eigenvalue weighted by Gasteiger charge is -2.26. The van der Waals surface area contributed by atoms with Gasteiger partial charge in [-0.1, -0.05) is 84.9 Å². The van der Waals surface area contributed by atoms with Crippen molar-refractivity contribution in [3.05, 3.63) is 140 Å². The summed E-state index contributed by atoms with van der Waals surface area (Å²) in [6.45, 7) is 0. The van der Waals surface area contributed by atoms with E-state index >= 15 is 0 Å². The van der Waals surface area contributed by atoms with Crippen LogP contribution in [-0.4, -0.2) is 0 Å². The lowest BCUT2D eigenvalue weighted by Crippen LogP contribution is -2.09. The van der Waals surface area contributed by atoms with E-state index in [9.17, 15) is 0 Å². The number of benzene rings is 7. The van der Waals surface area contributed by atoms with Crippen molar-refractivity contribution in [3.63, 3.8) is 0 Å². The average molecular weight is 486 g/mol. The summed E-state index contributed by atoms with van der Waals surface area (Å²) in [5.41, 5.74) is 5.25. The van der Waals surface area contributed by atoms with E-state index in [1.165, 1.54) is 32.3 Å². The summed E-state index contributed by atoms with van der Waals surface area (Å²) >= 11 is 0. The van der Waals surface area contributed by atoms with Gasteiger partial charge in [0.2, 0.25) is 0 Å². The van der Waals surface area contributed by atoms with Crippen LogP contribution in [0.4, 0.5) is 17.1 Å². The summed E-state index contributed by atoms with van der Waals surface area (Å²) in [5.74, 6) is 0. The quantitative estimate of drug-likeness (QED) is 0.231. The van der Waals surface area contributed by atoms with Crippen molar-refractivity contribution in [3.8, 4) is 0 Å². The van der Waals surface area contributed by atoms with Gasteiger partial charge in [0.1, 0.15) is 11.2 Å². The van der Waals surface area contributed by atoms with Crippen molar-refractivity contribution in [2.75, 3.05) is 4.90 Å². The first kappa shape index (κ1) is 21.0. The first-order valence-corrected chi connectivity index (χ1v) is 12.9. The third kappa shape index (κ3) is 3.28. The molecule has 0 aliphatic rings. The summed E-state index contributed by atoms with van der Waals surface area (Å²) in [5, 5.41) is 9.64. The molecule has 0 fully saturated rings. The zero-order chi connectivity index (χ0) is 25.1. The van der Waals surface area contributed by atoms with Crippen LogP contribution in [0.1, 0.15) is 0 Å². The SMILES string of the molecule is c1ccc(N(c2ccc3ccccc3c2)c2ccc3ccc4cc5oc6ccccc6c5cc4c3c2)cc1. The second-order valence-corrected chi connectivity index (χ2v) is 9.84. The number of hydrogen-bond acceptors (Lipinski definition) is 2. The van der Waals surface area contributed by atoms with Gasteiger partial charge in [-0.15, -0.1) is 0 Å². The lowest BCUT2D eigenvalue weighted by molar-refractivity contribution is 0.669.